The highest BCUT2D eigenvalue weighted by Gasteiger charge is 2.18. The molecule has 9 heteroatoms. The minimum atomic E-state index is -0.275. The Bertz CT molecular complexity index is 982. The third-order valence-corrected chi connectivity index (χ3v) is 5.24. The molecular weight excluding hydrogens is 411 g/mol. The van der Waals surface area contributed by atoms with Crippen molar-refractivity contribution < 1.29 is 4.79 Å². The fourth-order valence-electron chi connectivity index (χ4n) is 2.34. The number of amides is 1. The number of aryl methyl sites for hydroxylation is 1. The lowest BCUT2D eigenvalue weighted by Gasteiger charge is -2.21. The van der Waals surface area contributed by atoms with Crippen LogP contribution in [-0.4, -0.2) is 22.6 Å². The zero-order chi connectivity index (χ0) is 18.7. The molecule has 0 fully saturated rings. The Kier molecular flexibility index (Phi) is 5.93. The molecule has 26 heavy (non-hydrogen) atoms. The molecule has 3 aromatic rings. The van der Waals surface area contributed by atoms with Crippen molar-refractivity contribution in [3.63, 3.8) is 0 Å². The van der Waals surface area contributed by atoms with Crippen molar-refractivity contribution in [3.8, 4) is 0 Å². The van der Waals surface area contributed by atoms with E-state index in [0.717, 1.165) is 11.3 Å². The fraction of sp³-hybridized carbons (Fsp3) is 0.118. The molecule has 3 rings (SSSR count). The number of nitrogens with zero attached hydrogens (tertiary/aromatic N) is 2. The molecule has 0 bridgehead atoms. The first-order chi connectivity index (χ1) is 12.4. The van der Waals surface area contributed by atoms with Crippen LogP contribution in [0, 0.1) is 10.9 Å². The summed E-state index contributed by atoms with van der Waals surface area (Å²) in [5.41, 5.74) is 2.30. The van der Waals surface area contributed by atoms with E-state index in [1.165, 1.54) is 11.3 Å². The second kappa shape index (κ2) is 8.18. The number of para-hydroxylation sites is 1. The van der Waals surface area contributed by atoms with Crippen LogP contribution in [0.15, 0.2) is 42.5 Å². The molecule has 0 unspecified atom stereocenters. The number of halogens is 2. The number of rotatable bonds is 5. The van der Waals surface area contributed by atoms with E-state index in [9.17, 15) is 4.79 Å². The van der Waals surface area contributed by atoms with E-state index in [4.69, 9.17) is 35.4 Å². The van der Waals surface area contributed by atoms with Gasteiger partial charge in [0.2, 0.25) is 11.0 Å². The van der Waals surface area contributed by atoms with Crippen LogP contribution in [0.1, 0.15) is 5.56 Å². The average molecular weight is 425 g/mol. The van der Waals surface area contributed by atoms with Crippen LogP contribution in [0.5, 0.6) is 0 Å². The topological polar surface area (TPSA) is 61.0 Å². The third-order valence-electron chi connectivity index (χ3n) is 3.50. The number of carbonyl (C=O) groups excluding carboxylic acids is 1. The lowest BCUT2D eigenvalue weighted by atomic mass is 10.2. The van der Waals surface area contributed by atoms with Crippen molar-refractivity contribution in [3.05, 3.63) is 62.0 Å². The fourth-order valence-corrected chi connectivity index (χ4v) is 3.73. The average Bonchev–Trinajstić information content (AvgIpc) is 3.02. The lowest BCUT2D eigenvalue weighted by molar-refractivity contribution is -0.114. The van der Waals surface area contributed by atoms with Crippen molar-refractivity contribution >= 4 is 69.2 Å². The van der Waals surface area contributed by atoms with E-state index >= 15 is 0 Å². The number of aromatic amines is 1. The molecule has 1 aromatic heterocycles. The van der Waals surface area contributed by atoms with E-state index in [0.29, 0.717) is 24.8 Å². The van der Waals surface area contributed by atoms with Gasteiger partial charge >= 0.3 is 0 Å². The second-order valence-corrected chi connectivity index (χ2v) is 7.92. The maximum atomic E-state index is 12.6. The number of benzene rings is 2. The molecule has 0 aliphatic rings. The summed E-state index contributed by atoms with van der Waals surface area (Å²) < 4.78 is 0.534. The summed E-state index contributed by atoms with van der Waals surface area (Å²) in [6, 6.07) is 12.8. The summed E-state index contributed by atoms with van der Waals surface area (Å²) in [5, 5.41) is 11.1. The van der Waals surface area contributed by atoms with Crippen molar-refractivity contribution in [2.75, 3.05) is 16.8 Å². The minimum absolute atomic E-state index is 0.0289. The first-order valence-electron chi connectivity index (χ1n) is 7.57. The Morgan fingerprint density at radius 1 is 1.27 bits per heavy atom. The summed E-state index contributed by atoms with van der Waals surface area (Å²) in [5.74, 6) is -0.275. The third kappa shape index (κ3) is 4.42. The second-order valence-electron chi connectivity index (χ2n) is 5.47. The van der Waals surface area contributed by atoms with Gasteiger partial charge in [-0.1, -0.05) is 52.7 Å². The molecule has 0 atom stereocenters. The number of hydrogen-bond acceptors (Lipinski definition) is 5. The van der Waals surface area contributed by atoms with Crippen LogP contribution < -0.4 is 10.2 Å². The molecular formula is C17H14Cl2N4OS2. The number of aromatic nitrogens is 2. The van der Waals surface area contributed by atoms with Gasteiger partial charge in [-0.2, -0.15) is 0 Å². The van der Waals surface area contributed by atoms with E-state index in [1.54, 1.807) is 23.1 Å². The standard InChI is InChI=1S/C17H14Cl2N4OS2/c1-10-4-2-5-11(8-10)23(16-21-22-17(25)26-16)9-14(24)20-15-12(18)6-3-7-13(15)19/h2-8H,9H2,1H3,(H,20,24)(H,22,25). The van der Waals surface area contributed by atoms with Gasteiger partial charge in [-0.3, -0.25) is 9.89 Å². The van der Waals surface area contributed by atoms with Gasteiger partial charge in [-0.25, -0.2) is 0 Å². The number of H-pyrrole nitrogens is 1. The molecule has 0 spiro atoms. The molecule has 2 N–H and O–H groups in total. The first-order valence-corrected chi connectivity index (χ1v) is 9.55. The first kappa shape index (κ1) is 18.8. The number of anilines is 3. The summed E-state index contributed by atoms with van der Waals surface area (Å²) in [7, 11) is 0. The van der Waals surface area contributed by atoms with Crippen LogP contribution in [0.2, 0.25) is 10.0 Å². The predicted octanol–water partition coefficient (Wildman–Crippen LogP) is 5.59. The van der Waals surface area contributed by atoms with E-state index < -0.39 is 0 Å². The van der Waals surface area contributed by atoms with Gasteiger partial charge in [0.1, 0.15) is 6.54 Å². The van der Waals surface area contributed by atoms with Gasteiger partial charge in [0, 0.05) is 5.69 Å². The van der Waals surface area contributed by atoms with Gasteiger partial charge in [0.05, 0.1) is 15.7 Å². The van der Waals surface area contributed by atoms with Crippen molar-refractivity contribution in [1.29, 1.82) is 0 Å². The van der Waals surface area contributed by atoms with Gasteiger partial charge in [-0.05, 0) is 49.0 Å². The van der Waals surface area contributed by atoms with Crippen LogP contribution in [-0.2, 0) is 4.79 Å². The normalized spacial score (nSPS) is 10.6. The van der Waals surface area contributed by atoms with Gasteiger partial charge in [-0.15, -0.1) is 5.10 Å². The monoisotopic (exact) mass is 424 g/mol. The van der Waals surface area contributed by atoms with Crippen LogP contribution >= 0.6 is 46.8 Å². The zero-order valence-electron chi connectivity index (χ0n) is 13.6. The Morgan fingerprint density at radius 2 is 1.96 bits per heavy atom. The van der Waals surface area contributed by atoms with Crippen molar-refractivity contribution in [2.24, 2.45) is 0 Å². The zero-order valence-corrected chi connectivity index (χ0v) is 16.8. The summed E-state index contributed by atoms with van der Waals surface area (Å²) >= 11 is 18.7. The summed E-state index contributed by atoms with van der Waals surface area (Å²) in [6.07, 6.45) is 0. The van der Waals surface area contributed by atoms with Crippen molar-refractivity contribution in [1.82, 2.24) is 10.2 Å². The quantitative estimate of drug-likeness (QED) is 0.523. The number of carbonyl (C=O) groups is 1. The van der Waals surface area contributed by atoms with Gasteiger partial charge in [0.15, 0.2) is 3.95 Å². The Morgan fingerprint density at radius 3 is 2.58 bits per heavy atom. The SMILES string of the molecule is Cc1cccc(N(CC(=O)Nc2c(Cl)cccc2Cl)c2n[nH]c(=S)s2)c1. The van der Waals surface area contributed by atoms with Crippen LogP contribution in [0.3, 0.4) is 0 Å². The smallest absolute Gasteiger partial charge is 0.244 e. The Balaban J connectivity index is 1.88. The molecule has 5 nitrogen and oxygen atoms in total. The molecule has 134 valence electrons. The lowest BCUT2D eigenvalue weighted by Crippen LogP contribution is -2.30. The largest absolute Gasteiger partial charge is 0.322 e. The van der Waals surface area contributed by atoms with E-state index in [1.807, 2.05) is 31.2 Å². The predicted molar refractivity (Wildman–Crippen MR) is 111 cm³/mol. The van der Waals surface area contributed by atoms with Crippen LogP contribution in [0.4, 0.5) is 16.5 Å². The molecule has 0 aliphatic heterocycles. The maximum Gasteiger partial charge on any atom is 0.244 e. The molecule has 0 radical (unpaired) electrons. The highest BCUT2D eigenvalue weighted by Crippen LogP contribution is 2.31. The molecule has 1 amide bonds. The Hall–Kier alpha value is -1.93. The molecule has 1 heterocycles. The minimum Gasteiger partial charge on any atom is -0.322 e. The summed E-state index contributed by atoms with van der Waals surface area (Å²) in [6.45, 7) is 2.01. The molecule has 2 aromatic carbocycles. The number of nitrogens with one attached hydrogen (secondary N) is 2. The highest BCUT2D eigenvalue weighted by molar-refractivity contribution is 7.73. The molecule has 0 saturated carbocycles. The molecule has 0 aliphatic carbocycles. The highest BCUT2D eigenvalue weighted by atomic mass is 35.5. The number of hydrogen-bond donors (Lipinski definition) is 2. The molecule has 0 saturated heterocycles. The Labute approximate surface area is 169 Å². The van der Waals surface area contributed by atoms with Gasteiger partial charge < -0.3 is 10.2 Å². The van der Waals surface area contributed by atoms with E-state index in [2.05, 4.69) is 15.5 Å². The van der Waals surface area contributed by atoms with E-state index in [-0.39, 0.29) is 12.5 Å². The summed E-state index contributed by atoms with van der Waals surface area (Å²) in [4.78, 5) is 14.4. The van der Waals surface area contributed by atoms with Crippen LogP contribution in [0.25, 0.3) is 0 Å². The maximum absolute atomic E-state index is 12.6. The van der Waals surface area contributed by atoms with Crippen molar-refractivity contribution in [2.45, 2.75) is 6.92 Å². The van der Waals surface area contributed by atoms with Gasteiger partial charge in [0.25, 0.3) is 0 Å².